The van der Waals surface area contributed by atoms with E-state index in [0.717, 1.165) is 44.7 Å². The van der Waals surface area contributed by atoms with E-state index in [2.05, 4.69) is 21.6 Å². The molecule has 0 unspecified atom stereocenters. The van der Waals surface area contributed by atoms with Crippen molar-refractivity contribution in [1.29, 1.82) is 0 Å². The molecule has 3 aromatic rings. The number of aliphatic imine (C=N–C) groups is 1. The molecule has 3 heterocycles. The van der Waals surface area contributed by atoms with E-state index in [4.69, 9.17) is 9.73 Å². The van der Waals surface area contributed by atoms with Crippen molar-refractivity contribution in [3.05, 3.63) is 41.6 Å². The van der Waals surface area contributed by atoms with Crippen LogP contribution < -0.4 is 10.1 Å². The van der Waals surface area contributed by atoms with Gasteiger partial charge in [0.25, 0.3) is 0 Å². The summed E-state index contributed by atoms with van der Waals surface area (Å²) in [4.78, 5) is 19.3. The fourth-order valence-corrected chi connectivity index (χ4v) is 4.45. The number of amidine groups is 1. The lowest BCUT2D eigenvalue weighted by molar-refractivity contribution is 0.00483. The molecule has 1 aromatic heterocycles. The molecule has 2 aliphatic rings. The molecular weight excluding hydrogens is 406 g/mol. The number of hydrogen-bond donors (Lipinski definition) is 3. The summed E-state index contributed by atoms with van der Waals surface area (Å²) in [6.07, 6.45) is 1.64. The third-order valence-corrected chi connectivity index (χ3v) is 6.49. The standard InChI is InChI=1S/C24H27N5O3/c1-14-17-12-15(4-6-19(17)28-27-14)16-5-7-20(32-3)18-13-21(25-22(16)18)26-23(30)29-10-8-24(2,31)9-11-29/h4-7,12,31H,8-11,13H2,1-3H3,(H,27,28)(H,25,26,30). The molecule has 0 saturated carbocycles. The minimum Gasteiger partial charge on any atom is -0.496 e. The van der Waals surface area contributed by atoms with Gasteiger partial charge in [0.15, 0.2) is 0 Å². The Labute approximate surface area is 186 Å². The number of fused-ring (bicyclic) bond motifs is 2. The van der Waals surface area contributed by atoms with E-state index in [1.165, 1.54) is 0 Å². The van der Waals surface area contributed by atoms with Gasteiger partial charge in [-0.2, -0.15) is 5.10 Å². The summed E-state index contributed by atoms with van der Waals surface area (Å²) in [7, 11) is 1.65. The van der Waals surface area contributed by atoms with Crippen LogP contribution in [0.2, 0.25) is 0 Å². The second-order valence-electron chi connectivity index (χ2n) is 8.87. The Morgan fingerprint density at radius 1 is 1.25 bits per heavy atom. The van der Waals surface area contributed by atoms with Crippen LogP contribution in [0.4, 0.5) is 10.5 Å². The number of nitrogens with zero attached hydrogens (tertiary/aromatic N) is 3. The molecule has 0 bridgehead atoms. The number of hydrogen-bond acceptors (Lipinski definition) is 5. The summed E-state index contributed by atoms with van der Waals surface area (Å²) in [5, 5.41) is 21.5. The van der Waals surface area contributed by atoms with Crippen LogP contribution in [0.15, 0.2) is 35.3 Å². The van der Waals surface area contributed by atoms with Crippen LogP contribution in [-0.4, -0.2) is 57.9 Å². The number of likely N-dealkylation sites (tertiary alicyclic amines) is 1. The number of aromatic nitrogens is 2. The lowest BCUT2D eigenvalue weighted by Crippen LogP contribution is -2.50. The Morgan fingerprint density at radius 2 is 2.03 bits per heavy atom. The molecule has 1 fully saturated rings. The number of ether oxygens (including phenoxy) is 1. The molecule has 166 valence electrons. The number of carbonyl (C=O) groups excluding carboxylic acids is 1. The zero-order valence-electron chi connectivity index (χ0n) is 18.5. The molecule has 0 spiro atoms. The summed E-state index contributed by atoms with van der Waals surface area (Å²) in [6.45, 7) is 4.87. The van der Waals surface area contributed by atoms with Crippen molar-refractivity contribution < 1.29 is 14.6 Å². The smallest absolute Gasteiger partial charge is 0.322 e. The van der Waals surface area contributed by atoms with Crippen LogP contribution in [0.3, 0.4) is 0 Å². The van der Waals surface area contributed by atoms with Gasteiger partial charge >= 0.3 is 6.03 Å². The summed E-state index contributed by atoms with van der Waals surface area (Å²) in [5.41, 5.74) is 5.05. The average molecular weight is 434 g/mol. The van der Waals surface area contributed by atoms with E-state index in [-0.39, 0.29) is 6.03 Å². The first-order chi connectivity index (χ1) is 15.3. The number of piperidine rings is 1. The van der Waals surface area contributed by atoms with Crippen molar-refractivity contribution in [3.63, 3.8) is 0 Å². The quantitative estimate of drug-likeness (QED) is 0.573. The normalized spacial score (nSPS) is 17.2. The second-order valence-corrected chi connectivity index (χ2v) is 8.87. The first kappa shape index (κ1) is 20.5. The monoisotopic (exact) mass is 433 g/mol. The fourth-order valence-electron chi connectivity index (χ4n) is 4.45. The SMILES string of the molecule is COc1ccc(-c2ccc3n[nH]c(C)c3c2)c2c1CC(NC(=O)N1CCC(C)(O)CC1)=N2. The predicted octanol–water partition coefficient (Wildman–Crippen LogP) is 3.69. The predicted molar refractivity (Wildman–Crippen MR) is 124 cm³/mol. The number of aryl methyl sites for hydroxylation is 1. The maximum atomic E-state index is 12.8. The number of aliphatic hydroxyl groups is 1. The van der Waals surface area contributed by atoms with Gasteiger partial charge in [0, 0.05) is 41.7 Å². The summed E-state index contributed by atoms with van der Waals surface area (Å²) < 4.78 is 5.58. The Hall–Kier alpha value is -3.39. The van der Waals surface area contributed by atoms with Crippen LogP contribution in [0.25, 0.3) is 22.0 Å². The zero-order valence-corrected chi connectivity index (χ0v) is 18.5. The highest BCUT2D eigenvalue weighted by Gasteiger charge is 2.31. The number of amides is 2. The molecular formula is C24H27N5O3. The number of carbonyl (C=O) groups is 1. The molecule has 0 atom stereocenters. The van der Waals surface area contributed by atoms with Crippen molar-refractivity contribution in [3.8, 4) is 16.9 Å². The van der Waals surface area contributed by atoms with Gasteiger partial charge in [-0.1, -0.05) is 6.07 Å². The van der Waals surface area contributed by atoms with E-state index in [1.54, 1.807) is 12.0 Å². The molecule has 0 radical (unpaired) electrons. The number of methoxy groups -OCH3 is 1. The molecule has 3 N–H and O–H groups in total. The maximum absolute atomic E-state index is 12.8. The van der Waals surface area contributed by atoms with Gasteiger partial charge in [0.05, 0.1) is 23.9 Å². The van der Waals surface area contributed by atoms with Gasteiger partial charge in [-0.3, -0.25) is 10.4 Å². The third-order valence-electron chi connectivity index (χ3n) is 6.49. The number of rotatable bonds is 2. The molecule has 2 aliphatic heterocycles. The number of H-pyrrole nitrogens is 1. The lowest BCUT2D eigenvalue weighted by Gasteiger charge is -2.35. The Kier molecular flexibility index (Phi) is 4.89. The van der Waals surface area contributed by atoms with Gasteiger partial charge in [-0.05, 0) is 56.5 Å². The Morgan fingerprint density at radius 3 is 2.78 bits per heavy atom. The molecule has 8 nitrogen and oxygen atoms in total. The zero-order chi connectivity index (χ0) is 22.5. The van der Waals surface area contributed by atoms with Gasteiger partial charge < -0.3 is 14.7 Å². The summed E-state index contributed by atoms with van der Waals surface area (Å²) in [5.74, 6) is 1.36. The van der Waals surface area contributed by atoms with Crippen LogP contribution in [0.5, 0.6) is 5.75 Å². The van der Waals surface area contributed by atoms with Gasteiger partial charge in [-0.15, -0.1) is 0 Å². The fraction of sp³-hybridized carbons (Fsp3) is 0.375. The molecule has 2 amide bonds. The Balaban J connectivity index is 1.44. The average Bonchev–Trinajstić information content (AvgIpc) is 3.36. The van der Waals surface area contributed by atoms with E-state index >= 15 is 0 Å². The Bertz CT molecular complexity index is 1230. The van der Waals surface area contributed by atoms with Crippen molar-refractivity contribution in [2.75, 3.05) is 20.2 Å². The topological polar surface area (TPSA) is 103 Å². The number of aromatic amines is 1. The van der Waals surface area contributed by atoms with Crippen molar-refractivity contribution in [2.45, 2.75) is 38.7 Å². The number of nitrogens with one attached hydrogen (secondary N) is 2. The van der Waals surface area contributed by atoms with Crippen LogP contribution in [0.1, 0.15) is 31.0 Å². The van der Waals surface area contributed by atoms with Gasteiger partial charge in [0.1, 0.15) is 11.6 Å². The van der Waals surface area contributed by atoms with E-state index < -0.39 is 5.60 Å². The van der Waals surface area contributed by atoms with Crippen LogP contribution in [0, 0.1) is 6.92 Å². The van der Waals surface area contributed by atoms with Crippen molar-refractivity contribution in [1.82, 2.24) is 20.4 Å². The van der Waals surface area contributed by atoms with Crippen molar-refractivity contribution >= 4 is 28.5 Å². The highest BCUT2D eigenvalue weighted by Crippen LogP contribution is 2.42. The number of urea groups is 1. The maximum Gasteiger partial charge on any atom is 0.322 e. The lowest BCUT2D eigenvalue weighted by atomic mass is 9.94. The third kappa shape index (κ3) is 3.60. The molecule has 32 heavy (non-hydrogen) atoms. The van der Waals surface area contributed by atoms with Gasteiger partial charge in [0.2, 0.25) is 0 Å². The van der Waals surface area contributed by atoms with Crippen LogP contribution >= 0.6 is 0 Å². The summed E-state index contributed by atoms with van der Waals surface area (Å²) >= 11 is 0. The first-order valence-corrected chi connectivity index (χ1v) is 10.9. The van der Waals surface area contributed by atoms with E-state index in [9.17, 15) is 9.90 Å². The van der Waals surface area contributed by atoms with Crippen molar-refractivity contribution in [2.24, 2.45) is 4.99 Å². The number of benzene rings is 2. The first-order valence-electron chi connectivity index (χ1n) is 10.9. The largest absolute Gasteiger partial charge is 0.496 e. The molecule has 8 heteroatoms. The molecule has 0 aliphatic carbocycles. The highest BCUT2D eigenvalue weighted by atomic mass is 16.5. The minimum absolute atomic E-state index is 0.178. The second kappa shape index (κ2) is 7.63. The molecule has 2 aromatic carbocycles. The minimum atomic E-state index is -0.700. The van der Waals surface area contributed by atoms with Crippen LogP contribution in [-0.2, 0) is 6.42 Å². The van der Waals surface area contributed by atoms with Gasteiger partial charge in [-0.25, -0.2) is 9.79 Å². The highest BCUT2D eigenvalue weighted by molar-refractivity contribution is 6.05. The molecule has 1 saturated heterocycles. The van der Waals surface area contributed by atoms with E-state index in [1.807, 2.05) is 38.1 Å². The summed E-state index contributed by atoms with van der Waals surface area (Å²) in [6, 6.07) is 9.93. The molecule has 5 rings (SSSR count). The van der Waals surface area contributed by atoms with E-state index in [0.29, 0.717) is 38.2 Å².